The molecule has 7 nitrogen and oxygen atoms in total. The Bertz CT molecular complexity index is 927. The van der Waals surface area contributed by atoms with Crippen LogP contribution >= 0.6 is 11.3 Å². The zero-order chi connectivity index (χ0) is 21.0. The van der Waals surface area contributed by atoms with E-state index in [4.69, 9.17) is 14.2 Å². The highest BCUT2D eigenvalue weighted by Crippen LogP contribution is 2.31. The fourth-order valence-corrected chi connectivity index (χ4v) is 3.38. The van der Waals surface area contributed by atoms with Crippen molar-refractivity contribution in [1.82, 2.24) is 5.32 Å². The molecular weight excluding hydrogens is 394 g/mol. The molecule has 8 heteroatoms. The molecule has 1 aromatic carbocycles. The van der Waals surface area contributed by atoms with E-state index in [1.807, 2.05) is 20.8 Å². The third-order valence-corrected chi connectivity index (χ3v) is 5.28. The zero-order valence-electron chi connectivity index (χ0n) is 16.6. The predicted molar refractivity (Wildman–Crippen MR) is 108 cm³/mol. The van der Waals surface area contributed by atoms with E-state index < -0.39 is 11.4 Å². The molecule has 0 aliphatic carbocycles. The Morgan fingerprint density at radius 1 is 1.07 bits per heavy atom. The van der Waals surface area contributed by atoms with Gasteiger partial charge in [0.25, 0.3) is 0 Å². The number of nitrogens with one attached hydrogen (secondary N) is 1. The molecule has 1 amide bonds. The average Bonchev–Trinajstić information content (AvgIpc) is 3.18. The highest BCUT2D eigenvalue weighted by Gasteiger charge is 2.21. The van der Waals surface area contributed by atoms with E-state index in [0.29, 0.717) is 41.7 Å². The number of amides is 1. The zero-order valence-corrected chi connectivity index (χ0v) is 17.4. The lowest BCUT2D eigenvalue weighted by Gasteiger charge is -2.18. The van der Waals surface area contributed by atoms with Crippen molar-refractivity contribution in [3.8, 4) is 11.5 Å². The van der Waals surface area contributed by atoms with Gasteiger partial charge in [0.2, 0.25) is 11.7 Å². The number of esters is 1. The molecule has 3 rings (SSSR count). The van der Waals surface area contributed by atoms with Crippen molar-refractivity contribution >= 4 is 29.0 Å². The smallest absolute Gasteiger partial charge is 0.338 e. The highest BCUT2D eigenvalue weighted by atomic mass is 32.1. The minimum Gasteiger partial charge on any atom is -0.486 e. The summed E-state index contributed by atoms with van der Waals surface area (Å²) in [6.07, 6.45) is 0. The van der Waals surface area contributed by atoms with Crippen molar-refractivity contribution in [3.05, 3.63) is 45.6 Å². The topological polar surface area (TPSA) is 90.9 Å². The first-order valence-electron chi connectivity index (χ1n) is 9.21. The van der Waals surface area contributed by atoms with Crippen molar-refractivity contribution < 1.29 is 28.6 Å². The van der Waals surface area contributed by atoms with Crippen LogP contribution in [-0.4, -0.2) is 37.5 Å². The minimum absolute atomic E-state index is 0.0628. The first-order chi connectivity index (χ1) is 13.7. The monoisotopic (exact) mass is 417 g/mol. The van der Waals surface area contributed by atoms with Gasteiger partial charge in [-0.1, -0.05) is 20.8 Å². The standard InChI is InChI=1S/C21H23NO6S/c1-21(2,3)20(25)22-11-14-5-7-18(29-14)15(23)12-28-19(24)13-4-6-16-17(10-13)27-9-8-26-16/h4-7,10H,8-9,11-12H2,1-3H3,(H,22,25). The fraction of sp³-hybridized carbons (Fsp3) is 0.381. The number of carbonyl (C=O) groups is 3. The lowest BCUT2D eigenvalue weighted by Crippen LogP contribution is -2.34. The summed E-state index contributed by atoms with van der Waals surface area (Å²) in [6.45, 7) is 6.38. The molecule has 0 radical (unpaired) electrons. The van der Waals surface area contributed by atoms with Gasteiger partial charge in [0.05, 0.1) is 17.0 Å². The highest BCUT2D eigenvalue weighted by molar-refractivity contribution is 7.14. The van der Waals surface area contributed by atoms with E-state index in [1.54, 1.807) is 30.3 Å². The Labute approximate surface area is 173 Å². The summed E-state index contributed by atoms with van der Waals surface area (Å²) in [5.41, 5.74) is -0.184. The Balaban J connectivity index is 1.52. The van der Waals surface area contributed by atoms with E-state index in [0.717, 1.165) is 4.88 Å². The molecule has 0 unspecified atom stereocenters. The van der Waals surface area contributed by atoms with Gasteiger partial charge in [0.15, 0.2) is 18.1 Å². The number of ether oxygens (including phenoxy) is 3. The van der Waals surface area contributed by atoms with Crippen LogP contribution in [0.1, 0.15) is 45.7 Å². The summed E-state index contributed by atoms with van der Waals surface area (Å²) >= 11 is 1.27. The van der Waals surface area contributed by atoms with Crippen LogP contribution in [0.15, 0.2) is 30.3 Å². The molecule has 0 spiro atoms. The lowest BCUT2D eigenvalue weighted by molar-refractivity contribution is -0.128. The predicted octanol–water partition coefficient (Wildman–Crippen LogP) is 3.22. The van der Waals surface area contributed by atoms with E-state index in [-0.39, 0.29) is 18.3 Å². The molecule has 29 heavy (non-hydrogen) atoms. The van der Waals surface area contributed by atoms with Crippen LogP contribution in [-0.2, 0) is 16.1 Å². The van der Waals surface area contributed by atoms with Gasteiger partial charge < -0.3 is 19.5 Å². The maximum atomic E-state index is 12.3. The quantitative estimate of drug-likeness (QED) is 0.573. The summed E-state index contributed by atoms with van der Waals surface area (Å²) in [5, 5.41) is 2.84. The van der Waals surface area contributed by atoms with E-state index in [2.05, 4.69) is 5.32 Å². The summed E-state index contributed by atoms with van der Waals surface area (Å²) in [6, 6.07) is 8.21. The van der Waals surface area contributed by atoms with Crippen LogP contribution in [0.3, 0.4) is 0 Å². The number of benzene rings is 1. The summed E-state index contributed by atoms with van der Waals surface area (Å²) < 4.78 is 16.0. The molecule has 0 saturated carbocycles. The van der Waals surface area contributed by atoms with Crippen molar-refractivity contribution in [3.63, 3.8) is 0 Å². The molecule has 0 atom stereocenters. The molecule has 2 aromatic rings. The molecular formula is C21H23NO6S. The maximum Gasteiger partial charge on any atom is 0.338 e. The Kier molecular flexibility index (Phi) is 6.22. The van der Waals surface area contributed by atoms with E-state index in [9.17, 15) is 14.4 Å². The van der Waals surface area contributed by atoms with Gasteiger partial charge in [0, 0.05) is 10.3 Å². The van der Waals surface area contributed by atoms with Crippen LogP contribution in [0.5, 0.6) is 11.5 Å². The molecule has 1 N–H and O–H groups in total. The molecule has 1 aliphatic heterocycles. The number of fused-ring (bicyclic) bond motifs is 1. The number of rotatable bonds is 6. The normalized spacial score (nSPS) is 12.9. The molecule has 154 valence electrons. The van der Waals surface area contributed by atoms with Gasteiger partial charge in [-0.15, -0.1) is 11.3 Å². The lowest BCUT2D eigenvalue weighted by atomic mass is 9.96. The van der Waals surface area contributed by atoms with Gasteiger partial charge in [-0.05, 0) is 30.3 Å². The molecule has 0 fully saturated rings. The van der Waals surface area contributed by atoms with Crippen molar-refractivity contribution in [2.75, 3.05) is 19.8 Å². The Morgan fingerprint density at radius 2 is 1.79 bits per heavy atom. The first kappa shape index (κ1) is 20.9. The maximum absolute atomic E-state index is 12.3. The number of Topliss-reactive ketones (excluding diaryl/α,β-unsaturated/α-hetero) is 1. The van der Waals surface area contributed by atoms with Gasteiger partial charge >= 0.3 is 5.97 Å². The van der Waals surface area contributed by atoms with Crippen molar-refractivity contribution in [1.29, 1.82) is 0 Å². The van der Waals surface area contributed by atoms with Crippen LogP contribution in [0.2, 0.25) is 0 Å². The SMILES string of the molecule is CC(C)(C)C(=O)NCc1ccc(C(=O)COC(=O)c2ccc3c(c2)OCCO3)s1. The van der Waals surface area contributed by atoms with E-state index >= 15 is 0 Å². The van der Waals surface area contributed by atoms with Gasteiger partial charge in [0.1, 0.15) is 13.2 Å². The number of hydrogen-bond donors (Lipinski definition) is 1. The number of carbonyl (C=O) groups excluding carboxylic acids is 3. The first-order valence-corrected chi connectivity index (χ1v) is 10.0. The molecule has 0 saturated heterocycles. The number of ketones is 1. The Morgan fingerprint density at radius 3 is 2.52 bits per heavy atom. The molecule has 1 aliphatic rings. The summed E-state index contributed by atoms with van der Waals surface area (Å²) in [4.78, 5) is 37.8. The average molecular weight is 417 g/mol. The molecule has 2 heterocycles. The second-order valence-electron chi connectivity index (χ2n) is 7.56. The van der Waals surface area contributed by atoms with Crippen molar-refractivity contribution in [2.24, 2.45) is 5.41 Å². The van der Waals surface area contributed by atoms with Gasteiger partial charge in [-0.2, -0.15) is 0 Å². The summed E-state index contributed by atoms with van der Waals surface area (Å²) in [5.74, 6) is 0.0942. The number of thiophene rings is 1. The molecule has 0 bridgehead atoms. The third-order valence-electron chi connectivity index (χ3n) is 4.15. The van der Waals surface area contributed by atoms with Crippen molar-refractivity contribution in [2.45, 2.75) is 27.3 Å². The number of hydrogen-bond acceptors (Lipinski definition) is 7. The fourth-order valence-electron chi connectivity index (χ4n) is 2.51. The van der Waals surface area contributed by atoms with Gasteiger partial charge in [-0.25, -0.2) is 4.79 Å². The third kappa shape index (κ3) is 5.35. The van der Waals surface area contributed by atoms with Crippen LogP contribution in [0.25, 0.3) is 0 Å². The second-order valence-corrected chi connectivity index (χ2v) is 8.72. The molecule has 1 aromatic heterocycles. The van der Waals surface area contributed by atoms with Gasteiger partial charge in [-0.3, -0.25) is 9.59 Å². The van der Waals surface area contributed by atoms with Crippen LogP contribution < -0.4 is 14.8 Å². The minimum atomic E-state index is -0.607. The van der Waals surface area contributed by atoms with Crippen LogP contribution in [0, 0.1) is 5.41 Å². The largest absolute Gasteiger partial charge is 0.486 e. The van der Waals surface area contributed by atoms with Crippen LogP contribution in [0.4, 0.5) is 0 Å². The Hall–Kier alpha value is -2.87. The summed E-state index contributed by atoms with van der Waals surface area (Å²) in [7, 11) is 0. The second kappa shape index (κ2) is 8.65. The van der Waals surface area contributed by atoms with E-state index in [1.165, 1.54) is 11.3 Å².